The van der Waals surface area contributed by atoms with E-state index in [1.807, 2.05) is 142 Å². The van der Waals surface area contributed by atoms with Crippen molar-refractivity contribution in [3.05, 3.63) is 121 Å². The molecule has 0 bridgehead atoms. The van der Waals surface area contributed by atoms with Crippen LogP contribution >= 0.6 is 14.7 Å². The maximum Gasteiger partial charge on any atom is 0.261 e. The summed E-state index contributed by atoms with van der Waals surface area (Å²) in [6.07, 6.45) is 0.495. The minimum absolute atomic E-state index is 0.175. The van der Waals surface area contributed by atoms with E-state index in [-0.39, 0.29) is 18.1 Å². The fraction of sp³-hybridized carbons (Fsp3) is 0.250. The lowest BCUT2D eigenvalue weighted by molar-refractivity contribution is 0.0539. The minimum atomic E-state index is -3.39. The molecule has 198 valence electrons. The molecule has 0 aliphatic heterocycles. The molecule has 4 rings (SSSR count). The molecule has 2 unspecified atom stereocenters. The van der Waals surface area contributed by atoms with Gasteiger partial charge in [0.2, 0.25) is 0 Å². The van der Waals surface area contributed by atoms with E-state index in [1.165, 1.54) is 0 Å². The van der Waals surface area contributed by atoms with Crippen molar-refractivity contribution in [2.45, 2.75) is 45.8 Å². The summed E-state index contributed by atoms with van der Waals surface area (Å²) in [5, 5.41) is 2.63. The topological polar surface area (TPSA) is 52.6 Å². The minimum Gasteiger partial charge on any atom is -0.318 e. The van der Waals surface area contributed by atoms with Crippen molar-refractivity contribution in [2.24, 2.45) is 5.92 Å². The van der Waals surface area contributed by atoms with E-state index < -0.39 is 14.7 Å². The average Bonchev–Trinajstić information content (AvgIpc) is 3.00. The second-order valence-electron chi connectivity index (χ2n) is 9.41. The molecule has 0 N–H and O–H groups in total. The van der Waals surface area contributed by atoms with E-state index in [4.69, 9.17) is 9.05 Å². The van der Waals surface area contributed by atoms with Gasteiger partial charge in [0.05, 0.1) is 12.2 Å². The Morgan fingerprint density at radius 3 is 0.947 bits per heavy atom. The second-order valence-corrected chi connectivity index (χ2v) is 14.1. The van der Waals surface area contributed by atoms with Crippen LogP contribution in [-0.4, -0.2) is 12.2 Å². The van der Waals surface area contributed by atoms with Gasteiger partial charge in [0.1, 0.15) is 0 Å². The zero-order valence-corrected chi connectivity index (χ0v) is 24.0. The summed E-state index contributed by atoms with van der Waals surface area (Å²) >= 11 is 0. The molecule has 0 aromatic heterocycles. The Balaban J connectivity index is 1.68. The highest BCUT2D eigenvalue weighted by atomic mass is 31.2. The first-order valence-electron chi connectivity index (χ1n) is 13.2. The molecule has 0 spiro atoms. The molecule has 4 nitrogen and oxygen atoms in total. The van der Waals surface area contributed by atoms with Gasteiger partial charge in [0.25, 0.3) is 14.7 Å². The van der Waals surface area contributed by atoms with E-state index in [2.05, 4.69) is 0 Å². The van der Waals surface area contributed by atoms with E-state index in [1.54, 1.807) is 0 Å². The third-order valence-electron chi connectivity index (χ3n) is 6.93. The van der Waals surface area contributed by atoms with Crippen LogP contribution in [0.3, 0.4) is 0 Å². The summed E-state index contributed by atoms with van der Waals surface area (Å²) in [5.41, 5.74) is 0. The fourth-order valence-corrected chi connectivity index (χ4v) is 9.53. The van der Waals surface area contributed by atoms with Gasteiger partial charge >= 0.3 is 0 Å². The smallest absolute Gasteiger partial charge is 0.261 e. The molecule has 0 radical (unpaired) electrons. The van der Waals surface area contributed by atoms with Crippen LogP contribution in [0.4, 0.5) is 0 Å². The molecule has 0 amide bonds. The summed E-state index contributed by atoms with van der Waals surface area (Å²) in [4.78, 5) is 0. The SMILES string of the molecule is CCC(OP(=O)(c1ccccc1)c1ccccc1)C(C)C(CC)OP(=O)(c1ccccc1)c1ccccc1. The van der Waals surface area contributed by atoms with Gasteiger partial charge in [0, 0.05) is 27.1 Å². The molecular weight excluding hydrogens is 510 g/mol. The summed E-state index contributed by atoms with van der Waals surface area (Å²) in [6, 6.07) is 37.6. The predicted molar refractivity (Wildman–Crippen MR) is 159 cm³/mol. The molecule has 4 aromatic carbocycles. The molecule has 6 heteroatoms. The van der Waals surface area contributed by atoms with Crippen molar-refractivity contribution in [3.63, 3.8) is 0 Å². The Hall–Kier alpha value is -2.74. The molecule has 0 aliphatic carbocycles. The Kier molecular flexibility index (Phi) is 9.58. The van der Waals surface area contributed by atoms with E-state index in [0.717, 1.165) is 0 Å². The average molecular weight is 547 g/mol. The number of hydrogen-bond donors (Lipinski definition) is 0. The van der Waals surface area contributed by atoms with Crippen LogP contribution in [-0.2, 0) is 18.2 Å². The highest BCUT2D eigenvalue weighted by Gasteiger charge is 2.39. The van der Waals surface area contributed by atoms with Gasteiger partial charge in [-0.05, 0) is 61.4 Å². The van der Waals surface area contributed by atoms with Crippen molar-refractivity contribution in [2.75, 3.05) is 0 Å². The number of rotatable bonds is 12. The molecule has 4 aromatic rings. The third kappa shape index (κ3) is 6.11. The lowest BCUT2D eigenvalue weighted by Gasteiger charge is -2.35. The summed E-state index contributed by atoms with van der Waals surface area (Å²) < 4.78 is 42.5. The standard InChI is InChI=1S/C32H36O4P2/c1-4-31(35-37(33,27-18-10-6-11-19-27)28-20-12-7-13-21-28)26(3)32(5-2)36-38(34,29-22-14-8-15-23-29)30-24-16-9-17-25-30/h6-26,31-32H,4-5H2,1-3H3. The normalized spacial score (nSPS) is 14.5. The van der Waals surface area contributed by atoms with Crippen LogP contribution in [0.15, 0.2) is 121 Å². The van der Waals surface area contributed by atoms with E-state index >= 15 is 0 Å². The van der Waals surface area contributed by atoms with Gasteiger partial charge in [0.15, 0.2) is 0 Å². The fourth-order valence-electron chi connectivity index (χ4n) is 4.74. The van der Waals surface area contributed by atoms with Crippen molar-refractivity contribution in [1.29, 1.82) is 0 Å². The zero-order valence-electron chi connectivity index (χ0n) is 22.2. The Morgan fingerprint density at radius 2 is 0.737 bits per heavy atom. The summed E-state index contributed by atoms with van der Waals surface area (Å²) in [5.74, 6) is -0.175. The van der Waals surface area contributed by atoms with Crippen LogP contribution in [0.2, 0.25) is 0 Å². The van der Waals surface area contributed by atoms with Crippen molar-refractivity contribution in [1.82, 2.24) is 0 Å². The van der Waals surface area contributed by atoms with Crippen molar-refractivity contribution >= 4 is 36.0 Å². The third-order valence-corrected chi connectivity index (χ3v) is 12.0. The molecule has 0 fully saturated rings. The van der Waals surface area contributed by atoms with Crippen molar-refractivity contribution < 1.29 is 18.2 Å². The van der Waals surface area contributed by atoms with Gasteiger partial charge < -0.3 is 9.05 Å². The Morgan fingerprint density at radius 1 is 0.500 bits per heavy atom. The van der Waals surface area contributed by atoms with Crippen LogP contribution in [0, 0.1) is 5.92 Å². The first-order valence-corrected chi connectivity index (χ1v) is 16.5. The van der Waals surface area contributed by atoms with Crippen LogP contribution in [0.5, 0.6) is 0 Å². The molecular formula is C32H36O4P2. The lowest BCUT2D eigenvalue weighted by atomic mass is 9.95. The van der Waals surface area contributed by atoms with Crippen LogP contribution in [0.25, 0.3) is 0 Å². The van der Waals surface area contributed by atoms with Gasteiger partial charge in [-0.25, -0.2) is 0 Å². The highest BCUT2D eigenvalue weighted by molar-refractivity contribution is 7.74. The molecule has 2 atom stereocenters. The molecule has 38 heavy (non-hydrogen) atoms. The molecule has 0 heterocycles. The predicted octanol–water partition coefficient (Wildman–Crippen LogP) is 7.07. The second kappa shape index (κ2) is 12.9. The quantitative estimate of drug-likeness (QED) is 0.178. The first-order chi connectivity index (χ1) is 18.4. The molecule has 0 saturated carbocycles. The van der Waals surface area contributed by atoms with E-state index in [9.17, 15) is 9.13 Å². The molecule has 0 saturated heterocycles. The van der Waals surface area contributed by atoms with Crippen LogP contribution in [0.1, 0.15) is 33.6 Å². The maximum atomic E-state index is 14.6. The first kappa shape index (κ1) is 28.3. The van der Waals surface area contributed by atoms with Gasteiger partial charge in [-0.2, -0.15) is 0 Å². The molecule has 0 aliphatic rings. The lowest BCUT2D eigenvalue weighted by Crippen LogP contribution is -2.35. The Bertz CT molecular complexity index is 1170. The van der Waals surface area contributed by atoms with Gasteiger partial charge in [-0.15, -0.1) is 0 Å². The Labute approximate surface area is 227 Å². The van der Waals surface area contributed by atoms with E-state index in [0.29, 0.717) is 34.1 Å². The van der Waals surface area contributed by atoms with Gasteiger partial charge in [-0.1, -0.05) is 93.6 Å². The maximum absolute atomic E-state index is 14.6. The largest absolute Gasteiger partial charge is 0.318 e. The van der Waals surface area contributed by atoms with Crippen LogP contribution < -0.4 is 21.2 Å². The summed E-state index contributed by atoms with van der Waals surface area (Å²) in [6.45, 7) is 6.10. The zero-order chi connectivity index (χ0) is 27.0. The number of hydrogen-bond acceptors (Lipinski definition) is 4. The summed E-state index contributed by atoms with van der Waals surface area (Å²) in [7, 11) is -6.79. The number of benzene rings is 4. The van der Waals surface area contributed by atoms with Crippen molar-refractivity contribution in [3.8, 4) is 0 Å². The van der Waals surface area contributed by atoms with Gasteiger partial charge in [-0.3, -0.25) is 9.13 Å². The highest BCUT2D eigenvalue weighted by Crippen LogP contribution is 2.50. The monoisotopic (exact) mass is 546 g/mol.